The maximum atomic E-state index is 12.6. The molecule has 0 unspecified atom stereocenters. The number of fused-ring (bicyclic) bond motifs is 1. The van der Waals surface area contributed by atoms with E-state index < -0.39 is 0 Å². The van der Waals surface area contributed by atoms with Crippen LogP contribution >= 0.6 is 0 Å². The molecule has 25 heavy (non-hydrogen) atoms. The van der Waals surface area contributed by atoms with Gasteiger partial charge in [0.1, 0.15) is 5.75 Å². The van der Waals surface area contributed by atoms with E-state index >= 15 is 0 Å². The van der Waals surface area contributed by atoms with Crippen LogP contribution in [0.25, 0.3) is 10.8 Å². The van der Waals surface area contributed by atoms with Crippen molar-refractivity contribution in [2.24, 2.45) is 0 Å². The molecule has 0 atom stereocenters. The quantitative estimate of drug-likeness (QED) is 0.618. The lowest BCUT2D eigenvalue weighted by atomic mass is 10.0. The molecule has 132 valence electrons. The second kappa shape index (κ2) is 7.57. The van der Waals surface area contributed by atoms with Gasteiger partial charge < -0.3 is 19.3 Å². The Morgan fingerprint density at radius 3 is 2.64 bits per heavy atom. The Morgan fingerprint density at radius 1 is 1.20 bits per heavy atom. The Bertz CT molecular complexity index is 793. The van der Waals surface area contributed by atoms with Crippen LogP contribution in [0.5, 0.6) is 5.75 Å². The zero-order valence-corrected chi connectivity index (χ0v) is 15.0. The van der Waals surface area contributed by atoms with Gasteiger partial charge in [-0.15, -0.1) is 0 Å². The summed E-state index contributed by atoms with van der Waals surface area (Å²) >= 11 is 0. The van der Waals surface area contributed by atoms with Crippen molar-refractivity contribution in [2.45, 2.75) is 0 Å². The summed E-state index contributed by atoms with van der Waals surface area (Å²) in [5.41, 5.74) is 1.75. The fraction of sp³-hybridized carbons (Fsp3) is 0.350. The number of hydrogen-bond donors (Lipinski definition) is 0. The van der Waals surface area contributed by atoms with Gasteiger partial charge in [-0.25, -0.2) is 0 Å². The molecule has 0 saturated carbocycles. The van der Waals surface area contributed by atoms with Crippen molar-refractivity contribution in [2.75, 3.05) is 52.4 Å². The van der Waals surface area contributed by atoms with E-state index in [0.29, 0.717) is 18.8 Å². The predicted octanol–water partition coefficient (Wildman–Crippen LogP) is 2.94. The summed E-state index contributed by atoms with van der Waals surface area (Å²) in [4.78, 5) is 16.7. The van der Waals surface area contributed by atoms with Gasteiger partial charge in [0.15, 0.2) is 5.78 Å². The highest BCUT2D eigenvalue weighted by Gasteiger charge is 2.17. The smallest absolute Gasteiger partial charge is 0.187 e. The largest absolute Gasteiger partial charge is 0.497 e. The monoisotopic (exact) mass is 340 g/mol. The van der Waals surface area contributed by atoms with Crippen LogP contribution in [0.3, 0.4) is 0 Å². The Labute approximate surface area is 148 Å². The summed E-state index contributed by atoms with van der Waals surface area (Å²) < 4.78 is 10.9. The molecule has 2 aromatic rings. The number of carbonyl (C=O) groups excluding carboxylic acids is 1. The number of carbonyl (C=O) groups is 1. The first-order valence-corrected chi connectivity index (χ1v) is 8.42. The van der Waals surface area contributed by atoms with Gasteiger partial charge in [-0.05, 0) is 29.7 Å². The predicted molar refractivity (Wildman–Crippen MR) is 101 cm³/mol. The third-order valence-electron chi connectivity index (χ3n) is 4.30. The summed E-state index contributed by atoms with van der Waals surface area (Å²) in [5.74, 6) is 0.814. The van der Waals surface area contributed by atoms with E-state index in [1.807, 2.05) is 49.3 Å². The molecule has 0 aromatic heterocycles. The number of hydrogen-bond acceptors (Lipinski definition) is 5. The standard InChI is InChI=1S/C20H24N2O3/c1-21(2)7-6-20(23)16-12-15-4-5-17(24-3)14-18(15)19(13-16)22-8-10-25-11-9-22/h4-7,12-14H,8-11H2,1-3H3/b7-6+. The molecule has 5 nitrogen and oxygen atoms in total. The van der Waals surface area contributed by atoms with E-state index in [4.69, 9.17) is 9.47 Å². The van der Waals surface area contributed by atoms with Crippen molar-refractivity contribution in [3.63, 3.8) is 0 Å². The molecule has 1 fully saturated rings. The second-order valence-corrected chi connectivity index (χ2v) is 6.33. The van der Waals surface area contributed by atoms with Crippen LogP contribution in [-0.4, -0.2) is 58.2 Å². The SMILES string of the molecule is COc1ccc2cc(C(=O)/C=C/N(C)C)cc(N3CCOCC3)c2c1. The van der Waals surface area contributed by atoms with Gasteiger partial charge in [0.25, 0.3) is 0 Å². The summed E-state index contributed by atoms with van der Waals surface area (Å²) in [6.07, 6.45) is 3.38. The molecule has 2 aromatic carbocycles. The molecule has 0 amide bonds. The van der Waals surface area contributed by atoms with Gasteiger partial charge in [0, 0.05) is 56.1 Å². The number of morpholine rings is 1. The molecular formula is C20H24N2O3. The molecule has 0 bridgehead atoms. The molecule has 0 spiro atoms. The molecule has 0 radical (unpaired) electrons. The Balaban J connectivity index is 2.09. The molecule has 0 N–H and O–H groups in total. The van der Waals surface area contributed by atoms with Crippen molar-refractivity contribution in [3.05, 3.63) is 48.2 Å². The zero-order chi connectivity index (χ0) is 17.8. The van der Waals surface area contributed by atoms with E-state index in [-0.39, 0.29) is 5.78 Å². The highest BCUT2D eigenvalue weighted by Crippen LogP contribution is 2.32. The molecule has 5 heteroatoms. The van der Waals surface area contributed by atoms with Crippen LogP contribution in [0.2, 0.25) is 0 Å². The maximum absolute atomic E-state index is 12.6. The Hall–Kier alpha value is -2.53. The van der Waals surface area contributed by atoms with E-state index in [1.54, 1.807) is 19.4 Å². The molecular weight excluding hydrogens is 316 g/mol. The van der Waals surface area contributed by atoms with Crippen molar-refractivity contribution >= 4 is 22.2 Å². The average molecular weight is 340 g/mol. The van der Waals surface area contributed by atoms with E-state index in [2.05, 4.69) is 4.90 Å². The Morgan fingerprint density at radius 2 is 1.96 bits per heavy atom. The first-order valence-electron chi connectivity index (χ1n) is 8.42. The van der Waals surface area contributed by atoms with Crippen LogP contribution in [0.15, 0.2) is 42.6 Å². The second-order valence-electron chi connectivity index (χ2n) is 6.33. The lowest BCUT2D eigenvalue weighted by molar-refractivity contribution is 0.104. The minimum atomic E-state index is 0.000859. The average Bonchev–Trinajstić information content (AvgIpc) is 2.65. The van der Waals surface area contributed by atoms with Crippen molar-refractivity contribution in [1.29, 1.82) is 0 Å². The number of ether oxygens (including phenoxy) is 2. The summed E-state index contributed by atoms with van der Waals surface area (Å²) in [7, 11) is 5.46. The molecule has 1 aliphatic rings. The number of rotatable bonds is 5. The number of methoxy groups -OCH3 is 1. The topological polar surface area (TPSA) is 42.0 Å². The van der Waals surface area contributed by atoms with Crippen LogP contribution in [0.4, 0.5) is 5.69 Å². The van der Waals surface area contributed by atoms with Crippen LogP contribution in [0, 0.1) is 0 Å². The van der Waals surface area contributed by atoms with Gasteiger partial charge in [0.05, 0.1) is 20.3 Å². The van der Waals surface area contributed by atoms with Crippen LogP contribution in [-0.2, 0) is 4.74 Å². The van der Waals surface area contributed by atoms with Crippen LogP contribution in [0.1, 0.15) is 10.4 Å². The highest BCUT2D eigenvalue weighted by molar-refractivity contribution is 6.09. The lowest BCUT2D eigenvalue weighted by Crippen LogP contribution is -2.36. The number of allylic oxidation sites excluding steroid dienone is 1. The number of benzene rings is 2. The zero-order valence-electron chi connectivity index (χ0n) is 15.0. The highest BCUT2D eigenvalue weighted by atomic mass is 16.5. The number of nitrogens with zero attached hydrogens (tertiary/aromatic N) is 2. The van der Waals surface area contributed by atoms with E-state index in [9.17, 15) is 4.79 Å². The lowest BCUT2D eigenvalue weighted by Gasteiger charge is -2.30. The molecule has 0 aliphatic carbocycles. The Kier molecular flexibility index (Phi) is 5.24. The van der Waals surface area contributed by atoms with Crippen molar-refractivity contribution in [1.82, 2.24) is 4.90 Å². The number of anilines is 1. The van der Waals surface area contributed by atoms with Gasteiger partial charge in [-0.2, -0.15) is 0 Å². The fourth-order valence-electron chi connectivity index (χ4n) is 2.97. The van der Waals surface area contributed by atoms with E-state index in [0.717, 1.165) is 35.3 Å². The minimum Gasteiger partial charge on any atom is -0.497 e. The normalized spacial score (nSPS) is 14.9. The van der Waals surface area contributed by atoms with Crippen LogP contribution < -0.4 is 9.64 Å². The first kappa shape index (κ1) is 17.3. The number of ketones is 1. The van der Waals surface area contributed by atoms with Gasteiger partial charge >= 0.3 is 0 Å². The molecule has 1 aliphatic heterocycles. The molecule has 1 heterocycles. The molecule has 3 rings (SSSR count). The van der Waals surface area contributed by atoms with Crippen molar-refractivity contribution in [3.8, 4) is 5.75 Å². The van der Waals surface area contributed by atoms with E-state index in [1.165, 1.54) is 0 Å². The van der Waals surface area contributed by atoms with Gasteiger partial charge in [-0.1, -0.05) is 6.07 Å². The minimum absolute atomic E-state index is 0.000859. The maximum Gasteiger partial charge on any atom is 0.187 e. The third-order valence-corrected chi connectivity index (χ3v) is 4.30. The third kappa shape index (κ3) is 3.94. The van der Waals surface area contributed by atoms with Gasteiger partial charge in [0.2, 0.25) is 0 Å². The van der Waals surface area contributed by atoms with Gasteiger partial charge in [-0.3, -0.25) is 4.79 Å². The van der Waals surface area contributed by atoms with Crippen molar-refractivity contribution < 1.29 is 14.3 Å². The summed E-state index contributed by atoms with van der Waals surface area (Å²) in [6, 6.07) is 9.89. The molecule has 1 saturated heterocycles. The first-order chi connectivity index (χ1) is 12.1. The fourth-order valence-corrected chi connectivity index (χ4v) is 2.97. The summed E-state index contributed by atoms with van der Waals surface area (Å²) in [6.45, 7) is 3.03. The summed E-state index contributed by atoms with van der Waals surface area (Å²) in [5, 5.41) is 2.13.